The van der Waals surface area contributed by atoms with E-state index in [0.717, 1.165) is 41.2 Å². The van der Waals surface area contributed by atoms with Crippen molar-refractivity contribution in [2.24, 2.45) is 0 Å². The summed E-state index contributed by atoms with van der Waals surface area (Å²) in [6.07, 6.45) is -3.46. The van der Waals surface area contributed by atoms with Crippen LogP contribution in [-0.4, -0.2) is 30.0 Å². The highest BCUT2D eigenvalue weighted by Crippen LogP contribution is 2.31. The van der Waals surface area contributed by atoms with Gasteiger partial charge in [0.05, 0.1) is 22.4 Å². The molecule has 174 valence electrons. The van der Waals surface area contributed by atoms with Crippen LogP contribution in [0.1, 0.15) is 16.7 Å². The second-order valence-corrected chi connectivity index (χ2v) is 9.93. The Kier molecular flexibility index (Phi) is 6.98. The number of hydrogen-bond donors (Lipinski definition) is 2. The number of sulfone groups is 1. The van der Waals surface area contributed by atoms with Gasteiger partial charge in [0.1, 0.15) is 10.7 Å². The van der Waals surface area contributed by atoms with E-state index in [-0.39, 0.29) is 32.2 Å². The van der Waals surface area contributed by atoms with Crippen LogP contribution >= 0.6 is 11.8 Å². The van der Waals surface area contributed by atoms with Crippen LogP contribution in [0.5, 0.6) is 0 Å². The summed E-state index contributed by atoms with van der Waals surface area (Å²) in [6, 6.07) is 8.93. The van der Waals surface area contributed by atoms with Crippen molar-refractivity contribution < 1.29 is 26.4 Å². The van der Waals surface area contributed by atoms with E-state index >= 15 is 0 Å². The molecule has 0 saturated carbocycles. The second-order valence-electron chi connectivity index (χ2n) is 7.07. The first-order valence-corrected chi connectivity index (χ1v) is 11.9. The minimum absolute atomic E-state index is 0.00862. The molecular weight excluding hydrogens is 477 g/mol. The summed E-state index contributed by atoms with van der Waals surface area (Å²) < 4.78 is 64.1. The van der Waals surface area contributed by atoms with Gasteiger partial charge in [-0.15, -0.1) is 0 Å². The van der Waals surface area contributed by atoms with Crippen molar-refractivity contribution in [2.75, 3.05) is 16.8 Å². The third-order valence-corrected chi connectivity index (χ3v) is 7.27. The zero-order valence-electron chi connectivity index (χ0n) is 17.5. The van der Waals surface area contributed by atoms with Gasteiger partial charge in [-0.05, 0) is 55.3 Å². The molecule has 0 bridgehead atoms. The first-order chi connectivity index (χ1) is 15.4. The van der Waals surface area contributed by atoms with Crippen molar-refractivity contribution >= 4 is 39.0 Å². The minimum Gasteiger partial charge on any atom is -0.382 e. The first kappa shape index (κ1) is 24.5. The van der Waals surface area contributed by atoms with Gasteiger partial charge in [-0.1, -0.05) is 23.9 Å². The lowest BCUT2D eigenvalue weighted by atomic mass is 10.1. The van der Waals surface area contributed by atoms with E-state index < -0.39 is 27.5 Å². The molecule has 1 aromatic heterocycles. The van der Waals surface area contributed by atoms with Gasteiger partial charge in [0, 0.05) is 5.69 Å². The van der Waals surface area contributed by atoms with Gasteiger partial charge in [-0.3, -0.25) is 4.79 Å². The normalized spacial score (nSPS) is 11.9. The minimum atomic E-state index is -4.53. The van der Waals surface area contributed by atoms with Gasteiger partial charge in [0.2, 0.25) is 15.7 Å². The van der Waals surface area contributed by atoms with Crippen molar-refractivity contribution in [3.63, 3.8) is 0 Å². The molecule has 12 heteroatoms. The summed E-state index contributed by atoms with van der Waals surface area (Å²) in [5, 5.41) is 2.41. The largest absolute Gasteiger partial charge is 0.416 e. The lowest BCUT2D eigenvalue weighted by Crippen LogP contribution is -2.15. The summed E-state index contributed by atoms with van der Waals surface area (Å²) in [7, 11) is -3.94. The van der Waals surface area contributed by atoms with Crippen LogP contribution in [0.25, 0.3) is 0 Å². The number of halogens is 3. The number of nitrogens with zero attached hydrogens (tertiary/aromatic N) is 2. The number of nitrogens with one attached hydrogen (secondary N) is 1. The van der Waals surface area contributed by atoms with Crippen LogP contribution < -0.4 is 11.1 Å². The first-order valence-electron chi connectivity index (χ1n) is 9.42. The summed E-state index contributed by atoms with van der Waals surface area (Å²) in [6.45, 7) is 3.65. The van der Waals surface area contributed by atoms with E-state index in [1.165, 1.54) is 24.3 Å². The summed E-state index contributed by atoms with van der Waals surface area (Å²) in [5.41, 5.74) is 6.69. The number of aromatic nitrogens is 2. The molecule has 3 rings (SSSR count). The van der Waals surface area contributed by atoms with Crippen LogP contribution in [-0.2, 0) is 20.8 Å². The molecule has 0 spiro atoms. The Bertz CT molecular complexity index is 1310. The number of carbonyl (C=O) groups is 1. The van der Waals surface area contributed by atoms with Gasteiger partial charge in [0.25, 0.3) is 0 Å². The highest BCUT2D eigenvalue weighted by Gasteiger charge is 2.30. The van der Waals surface area contributed by atoms with Crippen LogP contribution in [0.4, 0.5) is 24.7 Å². The van der Waals surface area contributed by atoms with E-state index in [2.05, 4.69) is 15.3 Å². The lowest BCUT2D eigenvalue weighted by molar-refractivity contribution is -0.137. The van der Waals surface area contributed by atoms with E-state index in [1.807, 2.05) is 6.92 Å². The Morgan fingerprint density at radius 1 is 1.12 bits per heavy atom. The average molecular weight is 497 g/mol. The number of benzene rings is 2. The molecule has 0 unspecified atom stereocenters. The lowest BCUT2D eigenvalue weighted by Gasteiger charge is -2.10. The number of thioether (sulfide) groups is 1. The molecule has 0 fully saturated rings. The molecule has 1 heterocycles. The maximum absolute atomic E-state index is 12.9. The molecule has 0 radical (unpaired) electrons. The fourth-order valence-corrected chi connectivity index (χ4v) is 4.72. The zero-order valence-corrected chi connectivity index (χ0v) is 19.1. The smallest absolute Gasteiger partial charge is 0.382 e. The molecule has 0 aliphatic heterocycles. The molecule has 33 heavy (non-hydrogen) atoms. The summed E-state index contributed by atoms with van der Waals surface area (Å²) in [4.78, 5) is 19.8. The molecule has 3 aromatic rings. The number of alkyl halides is 3. The van der Waals surface area contributed by atoms with Crippen molar-refractivity contribution in [3.05, 3.63) is 65.4 Å². The number of hydrogen-bond acceptors (Lipinski definition) is 7. The number of rotatable bonds is 6. The van der Waals surface area contributed by atoms with Gasteiger partial charge in [-0.2, -0.15) is 13.2 Å². The van der Waals surface area contributed by atoms with Crippen molar-refractivity contribution in [1.82, 2.24) is 9.97 Å². The van der Waals surface area contributed by atoms with E-state index in [1.54, 1.807) is 13.0 Å². The SMILES string of the molecule is Cc1ccc(S(=O)(=O)c2cnc(SCC(=O)Nc3cccc(C(F)(F)F)c3)nc2N)cc1C. The highest BCUT2D eigenvalue weighted by molar-refractivity contribution is 7.99. The monoisotopic (exact) mass is 496 g/mol. The Balaban J connectivity index is 1.69. The zero-order chi connectivity index (χ0) is 24.4. The third kappa shape index (κ3) is 5.82. The van der Waals surface area contributed by atoms with E-state index in [9.17, 15) is 26.4 Å². The number of anilines is 2. The Morgan fingerprint density at radius 3 is 2.48 bits per heavy atom. The quantitative estimate of drug-likeness (QED) is 0.387. The predicted molar refractivity (Wildman–Crippen MR) is 119 cm³/mol. The third-order valence-electron chi connectivity index (χ3n) is 4.64. The Morgan fingerprint density at radius 2 is 1.85 bits per heavy atom. The van der Waals surface area contributed by atoms with Crippen LogP contribution in [0.3, 0.4) is 0 Å². The van der Waals surface area contributed by atoms with Gasteiger partial charge >= 0.3 is 6.18 Å². The second kappa shape index (κ2) is 9.40. The Labute approximate surface area is 192 Å². The molecule has 0 aliphatic rings. The average Bonchev–Trinajstić information content (AvgIpc) is 2.73. The summed E-state index contributed by atoms with van der Waals surface area (Å²) >= 11 is 0.860. The summed E-state index contributed by atoms with van der Waals surface area (Å²) in [5.74, 6) is -1.09. The number of amides is 1. The van der Waals surface area contributed by atoms with Crippen LogP contribution in [0, 0.1) is 13.8 Å². The van der Waals surface area contributed by atoms with Crippen LogP contribution in [0.2, 0.25) is 0 Å². The molecular formula is C21H19F3N4O3S2. The highest BCUT2D eigenvalue weighted by atomic mass is 32.2. The molecule has 2 aromatic carbocycles. The number of aryl methyl sites for hydroxylation is 2. The molecule has 3 N–H and O–H groups in total. The van der Waals surface area contributed by atoms with Gasteiger partial charge in [0.15, 0.2) is 5.16 Å². The maximum Gasteiger partial charge on any atom is 0.416 e. The van der Waals surface area contributed by atoms with Gasteiger partial charge < -0.3 is 11.1 Å². The van der Waals surface area contributed by atoms with Gasteiger partial charge in [-0.25, -0.2) is 18.4 Å². The van der Waals surface area contributed by atoms with Crippen molar-refractivity contribution in [1.29, 1.82) is 0 Å². The predicted octanol–water partition coefficient (Wildman–Crippen LogP) is 4.26. The molecule has 0 aliphatic carbocycles. The topological polar surface area (TPSA) is 115 Å². The number of nitrogens with two attached hydrogens (primary N) is 1. The van der Waals surface area contributed by atoms with Crippen molar-refractivity contribution in [3.8, 4) is 0 Å². The standard InChI is InChI=1S/C21H19F3N4O3S2/c1-12-6-7-16(8-13(12)2)33(30,31)17-10-26-20(28-19(17)25)32-11-18(29)27-15-5-3-4-14(9-15)21(22,23)24/h3-10H,11H2,1-2H3,(H,27,29)(H2,25,26,28). The number of nitrogen functional groups attached to an aromatic ring is 1. The van der Waals surface area contributed by atoms with Crippen molar-refractivity contribution in [2.45, 2.75) is 35.0 Å². The van der Waals surface area contributed by atoms with E-state index in [0.29, 0.717) is 0 Å². The fraction of sp³-hybridized carbons (Fsp3) is 0.190. The maximum atomic E-state index is 12.9. The fourth-order valence-electron chi connectivity index (χ4n) is 2.75. The Hall–Kier alpha value is -3.12. The molecule has 0 atom stereocenters. The molecule has 0 saturated heterocycles. The van der Waals surface area contributed by atoms with Crippen LogP contribution in [0.15, 0.2) is 63.6 Å². The number of carbonyl (C=O) groups excluding carboxylic acids is 1. The van der Waals surface area contributed by atoms with E-state index in [4.69, 9.17) is 5.73 Å². The molecule has 1 amide bonds. The molecule has 7 nitrogen and oxygen atoms in total.